The number of aromatic nitrogens is 1. The minimum Gasteiger partial charge on any atom is -0.465 e. The van der Waals surface area contributed by atoms with Crippen LogP contribution >= 0.6 is 11.3 Å². The highest BCUT2D eigenvalue weighted by molar-refractivity contribution is 7.17. The SMILES string of the molecule is COC(=O)c1cnc(NC(=O)c2ccccc2-c2ccccc2)s1. The molecule has 0 aliphatic carbocycles. The standard InChI is InChI=1S/C18H14N2O3S/c1-23-17(22)15-11-19-18(24-15)20-16(21)14-10-6-5-9-13(14)12-7-3-2-4-8-12/h2-11H,1H3,(H,19,20,21). The number of esters is 1. The first kappa shape index (κ1) is 15.9. The van der Waals surface area contributed by atoms with Crippen LogP contribution in [0.25, 0.3) is 11.1 Å². The van der Waals surface area contributed by atoms with Gasteiger partial charge in [-0.25, -0.2) is 9.78 Å². The van der Waals surface area contributed by atoms with Gasteiger partial charge < -0.3 is 4.74 Å². The van der Waals surface area contributed by atoms with Gasteiger partial charge in [-0.3, -0.25) is 10.1 Å². The van der Waals surface area contributed by atoms with Crippen molar-refractivity contribution in [2.24, 2.45) is 0 Å². The molecule has 0 unspecified atom stereocenters. The minimum atomic E-state index is -0.474. The normalized spacial score (nSPS) is 10.2. The Kier molecular flexibility index (Phi) is 4.67. The predicted molar refractivity (Wildman–Crippen MR) is 93.3 cm³/mol. The smallest absolute Gasteiger partial charge is 0.349 e. The van der Waals surface area contributed by atoms with Crippen LogP contribution in [0.1, 0.15) is 20.0 Å². The Labute approximate surface area is 142 Å². The number of ether oxygens (including phenoxy) is 1. The van der Waals surface area contributed by atoms with E-state index in [9.17, 15) is 9.59 Å². The van der Waals surface area contributed by atoms with Crippen molar-refractivity contribution in [3.8, 4) is 11.1 Å². The van der Waals surface area contributed by atoms with Crippen LogP contribution in [0.15, 0.2) is 60.8 Å². The molecule has 0 bridgehead atoms. The van der Waals surface area contributed by atoms with Gasteiger partial charge in [0.15, 0.2) is 5.13 Å². The van der Waals surface area contributed by atoms with E-state index in [4.69, 9.17) is 0 Å². The molecule has 0 fully saturated rings. The van der Waals surface area contributed by atoms with Crippen molar-refractivity contribution in [2.75, 3.05) is 12.4 Å². The number of thiazole rings is 1. The summed E-state index contributed by atoms with van der Waals surface area (Å²) in [7, 11) is 1.30. The number of methoxy groups -OCH3 is 1. The molecular weight excluding hydrogens is 324 g/mol. The molecule has 120 valence electrons. The molecule has 0 radical (unpaired) electrons. The van der Waals surface area contributed by atoms with Crippen LogP contribution in [0.3, 0.4) is 0 Å². The zero-order valence-electron chi connectivity index (χ0n) is 12.9. The van der Waals surface area contributed by atoms with E-state index in [1.807, 2.05) is 48.5 Å². The predicted octanol–water partition coefficient (Wildman–Crippen LogP) is 3.85. The Morgan fingerprint density at radius 2 is 1.75 bits per heavy atom. The first-order valence-electron chi connectivity index (χ1n) is 7.19. The van der Waals surface area contributed by atoms with Crippen LogP contribution in [-0.4, -0.2) is 24.0 Å². The fourth-order valence-corrected chi connectivity index (χ4v) is 2.97. The number of carbonyl (C=O) groups excluding carboxylic acids is 2. The Morgan fingerprint density at radius 3 is 2.50 bits per heavy atom. The summed E-state index contributed by atoms with van der Waals surface area (Å²) in [6, 6.07) is 17.0. The molecule has 3 rings (SSSR count). The molecule has 0 aliphatic rings. The second-order valence-corrected chi connectivity index (χ2v) is 5.92. The van der Waals surface area contributed by atoms with Crippen molar-refractivity contribution >= 4 is 28.3 Å². The highest BCUT2D eigenvalue weighted by atomic mass is 32.1. The van der Waals surface area contributed by atoms with Crippen LogP contribution < -0.4 is 5.32 Å². The van der Waals surface area contributed by atoms with E-state index in [0.717, 1.165) is 22.5 Å². The van der Waals surface area contributed by atoms with Crippen molar-refractivity contribution in [3.63, 3.8) is 0 Å². The number of hydrogen-bond donors (Lipinski definition) is 1. The van der Waals surface area contributed by atoms with E-state index >= 15 is 0 Å². The second-order valence-electron chi connectivity index (χ2n) is 4.89. The van der Waals surface area contributed by atoms with Gasteiger partial charge in [0.25, 0.3) is 5.91 Å². The maximum absolute atomic E-state index is 12.6. The largest absolute Gasteiger partial charge is 0.465 e. The monoisotopic (exact) mass is 338 g/mol. The Hall–Kier alpha value is -2.99. The summed E-state index contributed by atoms with van der Waals surface area (Å²) in [5.41, 5.74) is 2.33. The van der Waals surface area contributed by atoms with Crippen molar-refractivity contribution in [2.45, 2.75) is 0 Å². The van der Waals surface area contributed by atoms with Gasteiger partial charge in [0.1, 0.15) is 4.88 Å². The summed E-state index contributed by atoms with van der Waals surface area (Å²) in [5, 5.41) is 3.08. The van der Waals surface area contributed by atoms with E-state index < -0.39 is 5.97 Å². The van der Waals surface area contributed by atoms with Gasteiger partial charge in [0.05, 0.1) is 13.3 Å². The number of carbonyl (C=O) groups is 2. The minimum absolute atomic E-state index is 0.278. The average Bonchev–Trinajstić information content (AvgIpc) is 3.10. The van der Waals surface area contributed by atoms with Crippen molar-refractivity contribution in [1.82, 2.24) is 4.98 Å². The fraction of sp³-hybridized carbons (Fsp3) is 0.0556. The lowest BCUT2D eigenvalue weighted by atomic mass is 9.99. The van der Waals surface area contributed by atoms with E-state index in [1.165, 1.54) is 13.3 Å². The Balaban J connectivity index is 1.86. The summed E-state index contributed by atoms with van der Waals surface area (Å²) in [5.74, 6) is -0.752. The summed E-state index contributed by atoms with van der Waals surface area (Å²) in [4.78, 5) is 28.4. The zero-order chi connectivity index (χ0) is 16.9. The molecule has 0 aliphatic heterocycles. The fourth-order valence-electron chi connectivity index (χ4n) is 2.24. The number of hydrogen-bond acceptors (Lipinski definition) is 5. The van der Waals surface area contributed by atoms with Crippen molar-refractivity contribution < 1.29 is 14.3 Å². The first-order valence-corrected chi connectivity index (χ1v) is 8.00. The van der Waals surface area contributed by atoms with Crippen LogP contribution in [0.2, 0.25) is 0 Å². The molecule has 3 aromatic rings. The van der Waals surface area contributed by atoms with Gasteiger partial charge in [-0.2, -0.15) is 0 Å². The third-order valence-electron chi connectivity index (χ3n) is 3.37. The lowest BCUT2D eigenvalue weighted by Gasteiger charge is -2.09. The number of rotatable bonds is 4. The molecule has 0 spiro atoms. The number of nitrogens with one attached hydrogen (secondary N) is 1. The molecule has 5 nitrogen and oxygen atoms in total. The first-order chi connectivity index (χ1) is 11.7. The quantitative estimate of drug-likeness (QED) is 0.734. The maximum Gasteiger partial charge on any atom is 0.349 e. The van der Waals surface area contributed by atoms with Crippen molar-refractivity contribution in [3.05, 3.63) is 71.2 Å². The third kappa shape index (κ3) is 3.33. The molecule has 24 heavy (non-hydrogen) atoms. The van der Waals surface area contributed by atoms with Gasteiger partial charge in [-0.15, -0.1) is 0 Å². The highest BCUT2D eigenvalue weighted by Gasteiger charge is 2.16. The van der Waals surface area contributed by atoms with Crippen LogP contribution in [-0.2, 0) is 4.74 Å². The summed E-state index contributed by atoms with van der Waals surface area (Å²) >= 11 is 1.07. The zero-order valence-corrected chi connectivity index (χ0v) is 13.7. The van der Waals surface area contributed by atoms with Gasteiger partial charge >= 0.3 is 5.97 Å². The third-order valence-corrected chi connectivity index (χ3v) is 4.26. The molecule has 0 saturated carbocycles. The number of nitrogens with zero attached hydrogens (tertiary/aromatic N) is 1. The molecule has 6 heteroatoms. The number of amides is 1. The summed E-state index contributed by atoms with van der Waals surface area (Å²) < 4.78 is 4.63. The van der Waals surface area contributed by atoms with Crippen LogP contribution in [0.4, 0.5) is 5.13 Å². The Morgan fingerprint density at radius 1 is 1.04 bits per heavy atom. The van der Waals surface area contributed by atoms with Gasteiger partial charge in [-0.05, 0) is 17.2 Å². The number of anilines is 1. The van der Waals surface area contributed by atoms with Gasteiger partial charge in [-0.1, -0.05) is 59.9 Å². The highest BCUT2D eigenvalue weighted by Crippen LogP contribution is 2.25. The molecule has 1 heterocycles. The molecule has 1 amide bonds. The van der Waals surface area contributed by atoms with E-state index in [-0.39, 0.29) is 5.91 Å². The van der Waals surface area contributed by atoms with E-state index in [0.29, 0.717) is 15.6 Å². The van der Waals surface area contributed by atoms with Crippen molar-refractivity contribution in [1.29, 1.82) is 0 Å². The molecular formula is C18H14N2O3S. The van der Waals surface area contributed by atoms with Gasteiger partial charge in [0, 0.05) is 5.56 Å². The Bertz CT molecular complexity index is 875. The average molecular weight is 338 g/mol. The number of benzene rings is 2. The molecule has 1 aromatic heterocycles. The van der Waals surface area contributed by atoms with E-state index in [1.54, 1.807) is 6.07 Å². The summed E-state index contributed by atoms with van der Waals surface area (Å²) in [6.45, 7) is 0. The molecule has 2 aromatic carbocycles. The summed E-state index contributed by atoms with van der Waals surface area (Å²) in [6.07, 6.45) is 1.38. The van der Waals surface area contributed by atoms with Gasteiger partial charge in [0.2, 0.25) is 0 Å². The van der Waals surface area contributed by atoms with Crippen LogP contribution in [0.5, 0.6) is 0 Å². The van der Waals surface area contributed by atoms with Crippen LogP contribution in [0, 0.1) is 0 Å². The maximum atomic E-state index is 12.6. The molecule has 0 atom stereocenters. The molecule has 0 saturated heterocycles. The van der Waals surface area contributed by atoms with E-state index in [2.05, 4.69) is 15.0 Å². The topological polar surface area (TPSA) is 68.3 Å². The molecule has 1 N–H and O–H groups in total. The lowest BCUT2D eigenvalue weighted by Crippen LogP contribution is -2.12. The second kappa shape index (κ2) is 7.06. The lowest BCUT2D eigenvalue weighted by molar-refractivity contribution is 0.0606.